The van der Waals surface area contributed by atoms with Crippen molar-refractivity contribution in [1.29, 1.82) is 0 Å². The molecule has 2 aromatic carbocycles. The van der Waals surface area contributed by atoms with Gasteiger partial charge >= 0.3 is 0 Å². The van der Waals surface area contributed by atoms with Crippen LogP contribution in [0.1, 0.15) is 36.6 Å². The molecule has 170 valence electrons. The highest BCUT2D eigenvalue weighted by molar-refractivity contribution is 6.46. The summed E-state index contributed by atoms with van der Waals surface area (Å²) in [5.74, 6) is -1.07. The van der Waals surface area contributed by atoms with Crippen LogP contribution in [0.25, 0.3) is 5.76 Å². The molecule has 0 aliphatic carbocycles. The lowest BCUT2D eigenvalue weighted by atomic mass is 9.94. The Kier molecular flexibility index (Phi) is 7.59. The molecule has 7 heteroatoms. The number of hydrogen-bond acceptors (Lipinski definition) is 5. The zero-order valence-corrected chi connectivity index (χ0v) is 19.6. The second-order valence-electron chi connectivity index (χ2n) is 7.97. The van der Waals surface area contributed by atoms with E-state index in [2.05, 4.69) is 6.92 Å². The highest BCUT2D eigenvalue weighted by atomic mass is 35.5. The summed E-state index contributed by atoms with van der Waals surface area (Å²) in [5.41, 5.74) is 2.36. The second kappa shape index (κ2) is 10.2. The molecule has 3 rings (SSSR count). The Labute approximate surface area is 194 Å². The first-order valence-electron chi connectivity index (χ1n) is 10.7. The zero-order chi connectivity index (χ0) is 23.4. The average molecular weight is 457 g/mol. The lowest BCUT2D eigenvalue weighted by Gasteiger charge is -2.26. The summed E-state index contributed by atoms with van der Waals surface area (Å²) in [6.45, 7) is 5.32. The first-order chi connectivity index (χ1) is 15.3. The summed E-state index contributed by atoms with van der Waals surface area (Å²) in [6, 6.07) is 11.9. The molecular formula is C25H29ClN2O4. The third-order valence-electron chi connectivity index (χ3n) is 5.54. The number of halogens is 1. The van der Waals surface area contributed by atoms with E-state index in [1.807, 2.05) is 50.2 Å². The number of likely N-dealkylation sites (N-methyl/N-ethyl adjacent to an activating group) is 1. The number of ether oxygens (including phenoxy) is 1. The molecule has 1 atom stereocenters. The van der Waals surface area contributed by atoms with Crippen molar-refractivity contribution in [3.8, 4) is 5.75 Å². The third-order valence-corrected chi connectivity index (χ3v) is 5.83. The van der Waals surface area contributed by atoms with Gasteiger partial charge in [-0.05, 0) is 56.8 Å². The molecule has 0 spiro atoms. The van der Waals surface area contributed by atoms with Crippen LogP contribution in [0, 0.1) is 0 Å². The minimum absolute atomic E-state index is 0.0678. The molecule has 1 fully saturated rings. The maximum Gasteiger partial charge on any atom is 0.295 e. The van der Waals surface area contributed by atoms with Crippen molar-refractivity contribution in [3.05, 3.63) is 69.8 Å². The molecule has 1 unspecified atom stereocenters. The summed E-state index contributed by atoms with van der Waals surface area (Å²) in [4.78, 5) is 29.5. The van der Waals surface area contributed by atoms with Crippen molar-refractivity contribution >= 4 is 29.1 Å². The smallest absolute Gasteiger partial charge is 0.295 e. The van der Waals surface area contributed by atoms with Crippen molar-refractivity contribution < 1.29 is 19.4 Å². The number of amides is 1. The molecule has 0 aromatic heterocycles. The van der Waals surface area contributed by atoms with Gasteiger partial charge in [0.2, 0.25) is 0 Å². The molecule has 0 radical (unpaired) electrons. The highest BCUT2D eigenvalue weighted by Crippen LogP contribution is 2.40. The Morgan fingerprint density at radius 3 is 2.38 bits per heavy atom. The first kappa shape index (κ1) is 23.8. The number of carbonyl (C=O) groups is 2. The maximum atomic E-state index is 13.1. The number of nitrogens with zero attached hydrogens (tertiary/aromatic N) is 2. The van der Waals surface area contributed by atoms with E-state index < -0.39 is 17.7 Å². The Hall–Kier alpha value is -2.83. The molecule has 1 amide bonds. The minimum atomic E-state index is -0.698. The Morgan fingerprint density at radius 1 is 1.12 bits per heavy atom. The molecule has 1 aliphatic rings. The van der Waals surface area contributed by atoms with Crippen molar-refractivity contribution in [3.63, 3.8) is 0 Å². The summed E-state index contributed by atoms with van der Waals surface area (Å²) >= 11 is 6.30. The van der Waals surface area contributed by atoms with Crippen LogP contribution in [-0.4, -0.2) is 60.4 Å². The van der Waals surface area contributed by atoms with Crippen molar-refractivity contribution in [2.45, 2.75) is 26.3 Å². The molecule has 0 saturated carbocycles. The van der Waals surface area contributed by atoms with Crippen LogP contribution >= 0.6 is 11.6 Å². The van der Waals surface area contributed by atoms with E-state index in [-0.39, 0.29) is 11.3 Å². The van der Waals surface area contributed by atoms with E-state index in [9.17, 15) is 14.7 Å². The maximum absolute atomic E-state index is 13.1. The number of benzene rings is 2. The number of likely N-dealkylation sites (tertiary alicyclic amines) is 1. The zero-order valence-electron chi connectivity index (χ0n) is 18.9. The normalized spacial score (nSPS) is 17.9. The van der Waals surface area contributed by atoms with Gasteiger partial charge < -0.3 is 19.6 Å². The number of ketones is 1. The van der Waals surface area contributed by atoms with E-state index in [4.69, 9.17) is 16.3 Å². The molecular weight excluding hydrogens is 428 g/mol. The number of rotatable bonds is 8. The van der Waals surface area contributed by atoms with Crippen LogP contribution in [0.4, 0.5) is 0 Å². The second-order valence-corrected chi connectivity index (χ2v) is 8.38. The van der Waals surface area contributed by atoms with Crippen LogP contribution in [0.3, 0.4) is 0 Å². The van der Waals surface area contributed by atoms with Gasteiger partial charge in [0, 0.05) is 18.7 Å². The SMILES string of the molecule is CCOc1ccc(/C(O)=C2/C(=O)C(=O)N(CCN(C)C)C2c2ccc(CC)cc2)cc1Cl. The van der Waals surface area contributed by atoms with Crippen LogP contribution in [-0.2, 0) is 16.0 Å². The van der Waals surface area contributed by atoms with Crippen LogP contribution < -0.4 is 4.74 Å². The van der Waals surface area contributed by atoms with Crippen molar-refractivity contribution in [1.82, 2.24) is 9.80 Å². The van der Waals surface area contributed by atoms with Gasteiger partial charge in [-0.25, -0.2) is 0 Å². The number of hydrogen-bond donors (Lipinski definition) is 1. The Bertz CT molecular complexity index is 1030. The lowest BCUT2D eigenvalue weighted by Crippen LogP contribution is -2.35. The van der Waals surface area contributed by atoms with Gasteiger partial charge in [0.1, 0.15) is 11.5 Å². The van der Waals surface area contributed by atoms with Crippen LogP contribution in [0.5, 0.6) is 5.75 Å². The third kappa shape index (κ3) is 4.81. The van der Waals surface area contributed by atoms with Crippen LogP contribution in [0.2, 0.25) is 5.02 Å². The van der Waals surface area contributed by atoms with Gasteiger partial charge in [0.15, 0.2) is 0 Å². The molecule has 1 heterocycles. The summed E-state index contributed by atoms with van der Waals surface area (Å²) in [5, 5.41) is 11.5. The number of carbonyl (C=O) groups excluding carboxylic acids is 2. The molecule has 0 bridgehead atoms. The summed E-state index contributed by atoms with van der Waals surface area (Å²) in [6.07, 6.45) is 0.881. The van der Waals surface area contributed by atoms with E-state index >= 15 is 0 Å². The van der Waals surface area contributed by atoms with Crippen molar-refractivity contribution in [2.75, 3.05) is 33.8 Å². The lowest BCUT2D eigenvalue weighted by molar-refractivity contribution is -0.140. The Balaban J connectivity index is 2.12. The van der Waals surface area contributed by atoms with E-state index in [0.717, 1.165) is 17.5 Å². The molecule has 6 nitrogen and oxygen atoms in total. The van der Waals surface area contributed by atoms with Gasteiger partial charge in [-0.3, -0.25) is 9.59 Å². The van der Waals surface area contributed by atoms with Gasteiger partial charge in [-0.15, -0.1) is 0 Å². The van der Waals surface area contributed by atoms with Crippen molar-refractivity contribution in [2.24, 2.45) is 0 Å². The number of aliphatic hydroxyl groups is 1. The number of Topliss-reactive ketones (excluding diaryl/α,β-unsaturated/α-hetero) is 1. The highest BCUT2D eigenvalue weighted by Gasteiger charge is 2.45. The van der Waals surface area contributed by atoms with Gasteiger partial charge in [-0.1, -0.05) is 42.8 Å². The molecule has 1 aliphatic heterocycles. The molecule has 1 saturated heterocycles. The molecule has 1 N–H and O–H groups in total. The number of aliphatic hydroxyl groups excluding tert-OH is 1. The largest absolute Gasteiger partial charge is 0.507 e. The fraction of sp³-hybridized carbons (Fsp3) is 0.360. The minimum Gasteiger partial charge on any atom is -0.507 e. The Morgan fingerprint density at radius 2 is 1.81 bits per heavy atom. The standard InChI is InChI=1S/C25H29ClN2O4/c1-5-16-7-9-17(10-8-16)22-21(24(30)25(31)28(22)14-13-27(3)4)23(29)18-11-12-20(32-6-2)19(26)15-18/h7-12,15,22,29H,5-6,13-14H2,1-4H3/b23-21-. The van der Waals surface area contributed by atoms with E-state index in [1.165, 1.54) is 4.90 Å². The fourth-order valence-corrected chi connectivity index (χ4v) is 4.01. The first-order valence-corrected chi connectivity index (χ1v) is 11.1. The average Bonchev–Trinajstić information content (AvgIpc) is 3.03. The molecule has 32 heavy (non-hydrogen) atoms. The predicted octanol–water partition coefficient (Wildman–Crippen LogP) is 4.28. The summed E-state index contributed by atoms with van der Waals surface area (Å²) < 4.78 is 5.46. The quantitative estimate of drug-likeness (QED) is 0.364. The number of aryl methyl sites for hydroxylation is 1. The predicted molar refractivity (Wildman–Crippen MR) is 126 cm³/mol. The van der Waals surface area contributed by atoms with Crippen LogP contribution in [0.15, 0.2) is 48.0 Å². The van der Waals surface area contributed by atoms with Gasteiger partial charge in [0.25, 0.3) is 11.7 Å². The van der Waals surface area contributed by atoms with E-state index in [1.54, 1.807) is 18.2 Å². The van der Waals surface area contributed by atoms with Gasteiger partial charge in [0.05, 0.1) is 23.2 Å². The van der Waals surface area contributed by atoms with E-state index in [0.29, 0.717) is 36.0 Å². The topological polar surface area (TPSA) is 70.1 Å². The fourth-order valence-electron chi connectivity index (χ4n) is 3.78. The van der Waals surface area contributed by atoms with Gasteiger partial charge in [-0.2, -0.15) is 0 Å². The monoisotopic (exact) mass is 456 g/mol. The molecule has 2 aromatic rings. The summed E-state index contributed by atoms with van der Waals surface area (Å²) in [7, 11) is 3.81.